The second kappa shape index (κ2) is 24.1. The third-order valence-electron chi connectivity index (χ3n) is 9.97. The Balaban J connectivity index is 1.18. The lowest BCUT2D eigenvalue weighted by atomic mass is 9.97. The van der Waals surface area contributed by atoms with Crippen LogP contribution >= 0.6 is 0 Å². The SMILES string of the molecule is CCO[Si](OCC)(OCC)Oc1cc(Oc2ccc(C3=CCC(F)(Oc4ccc(NC(=O)c5ccc(N)cc5)c(O[Si](OCC)(OCC)OCC)c4)C=C3)cc2)ccc1NC(=O)c1ccc(N)cc1. The fourth-order valence-corrected chi connectivity index (χ4v) is 10.7. The molecule has 19 heteroatoms. The summed E-state index contributed by atoms with van der Waals surface area (Å²) in [7, 11) is -7.52. The maximum atomic E-state index is 16.5. The van der Waals surface area contributed by atoms with E-state index >= 15 is 4.39 Å². The van der Waals surface area contributed by atoms with Crippen LogP contribution in [-0.2, 0) is 26.6 Å². The van der Waals surface area contributed by atoms with Crippen molar-refractivity contribution in [3.63, 3.8) is 0 Å². The molecule has 0 spiro atoms. The Labute approximate surface area is 404 Å². The van der Waals surface area contributed by atoms with Crippen LogP contribution in [0.1, 0.15) is 74.2 Å². The minimum Gasteiger partial charge on any atom is -0.478 e. The molecule has 0 aliphatic heterocycles. The van der Waals surface area contributed by atoms with Crippen LogP contribution in [0.5, 0.6) is 28.7 Å². The Kier molecular flexibility index (Phi) is 18.1. The summed E-state index contributed by atoms with van der Waals surface area (Å²) in [6.45, 7) is 12.2. The number of nitrogens with two attached hydrogens (primary N) is 2. The summed E-state index contributed by atoms with van der Waals surface area (Å²) < 4.78 is 77.0. The van der Waals surface area contributed by atoms with Crippen LogP contribution in [0.4, 0.5) is 27.1 Å². The average Bonchev–Trinajstić information content (AvgIpc) is 3.32. The Morgan fingerprint density at radius 3 is 1.38 bits per heavy atom. The number of hydrogen-bond acceptors (Lipinski definition) is 14. The van der Waals surface area contributed by atoms with Gasteiger partial charge in [-0.3, -0.25) is 9.59 Å². The van der Waals surface area contributed by atoms with Crippen molar-refractivity contribution in [3.8, 4) is 28.7 Å². The molecule has 0 aromatic heterocycles. The number of alkyl halides is 1. The lowest BCUT2D eigenvalue weighted by Crippen LogP contribution is -2.52. The number of amides is 2. The Morgan fingerprint density at radius 1 is 0.565 bits per heavy atom. The summed E-state index contributed by atoms with van der Waals surface area (Å²) in [4.78, 5) is 26.6. The van der Waals surface area contributed by atoms with Crippen LogP contribution in [0, 0.1) is 0 Å². The van der Waals surface area contributed by atoms with Gasteiger partial charge in [0, 0.05) is 80.7 Å². The second-order valence-electron chi connectivity index (χ2n) is 15.0. The standard InChI is InChI=1S/C50H59FN4O12Si2/c1-7-58-68(59-8-2,60-9-3)66-46-33-42(25-27-44(46)54-48(56)37-13-19-39(52)20-14-37)64-41-23-17-35(18-24-41)36-29-31-50(51,32-30-36)65-43-26-28-45(55-49(57)38-15-21-40(53)22-16-38)47(34-43)67-69(61-10-4,62-11-5)63-12-6/h13-31,33-34H,7-12,32,52-53H2,1-6H3,(H,54,56)(H,55,57). The zero-order chi connectivity index (χ0) is 49.4. The third-order valence-corrected chi connectivity index (χ3v) is 14.8. The van der Waals surface area contributed by atoms with E-state index in [2.05, 4.69) is 10.6 Å². The fraction of sp³-hybridized carbons (Fsp3) is 0.280. The molecule has 1 atom stereocenters. The van der Waals surface area contributed by atoms with Gasteiger partial charge in [-0.05, 0) is 144 Å². The number of ether oxygens (including phenoxy) is 2. The molecular formula is C50H59FN4O12Si2. The molecule has 5 aromatic rings. The fourth-order valence-electron chi connectivity index (χ4n) is 6.86. The molecule has 16 nitrogen and oxygen atoms in total. The second-order valence-corrected chi connectivity index (χ2v) is 19.1. The first-order valence-corrected chi connectivity index (χ1v) is 25.9. The lowest BCUT2D eigenvalue weighted by molar-refractivity contribution is -0.0130. The van der Waals surface area contributed by atoms with Crippen LogP contribution < -0.4 is 40.4 Å². The van der Waals surface area contributed by atoms with E-state index in [1.54, 1.807) is 139 Å². The zero-order valence-electron chi connectivity index (χ0n) is 39.5. The Hall–Kier alpha value is -6.56. The van der Waals surface area contributed by atoms with Gasteiger partial charge in [-0.2, -0.15) is 4.39 Å². The molecule has 366 valence electrons. The molecule has 0 heterocycles. The van der Waals surface area contributed by atoms with Gasteiger partial charge >= 0.3 is 18.1 Å². The molecule has 2 amide bonds. The minimum atomic E-state index is -3.80. The zero-order valence-corrected chi connectivity index (χ0v) is 41.5. The average molecular weight is 983 g/mol. The number of allylic oxidation sites excluding steroid dienone is 2. The largest absolute Gasteiger partial charge is 0.749 e. The van der Waals surface area contributed by atoms with Gasteiger partial charge in [0.15, 0.2) is 0 Å². The van der Waals surface area contributed by atoms with Crippen molar-refractivity contribution in [3.05, 3.63) is 144 Å². The number of nitrogens with one attached hydrogen (secondary N) is 2. The number of nitrogen functional groups attached to an aromatic ring is 2. The van der Waals surface area contributed by atoms with E-state index in [4.69, 9.17) is 56.3 Å². The van der Waals surface area contributed by atoms with Gasteiger partial charge in [0.05, 0.1) is 11.4 Å². The molecule has 0 fully saturated rings. The van der Waals surface area contributed by atoms with Gasteiger partial charge < -0.3 is 67.0 Å². The van der Waals surface area contributed by atoms with Gasteiger partial charge in [-0.15, -0.1) is 0 Å². The molecule has 0 radical (unpaired) electrons. The van der Waals surface area contributed by atoms with E-state index in [1.807, 2.05) is 12.1 Å². The van der Waals surface area contributed by atoms with Crippen LogP contribution in [0.15, 0.2) is 127 Å². The summed E-state index contributed by atoms with van der Waals surface area (Å²) in [5.74, 6) is -1.76. The highest BCUT2D eigenvalue weighted by Crippen LogP contribution is 2.39. The predicted molar refractivity (Wildman–Crippen MR) is 266 cm³/mol. The lowest BCUT2D eigenvalue weighted by Gasteiger charge is -2.29. The molecule has 5 aromatic carbocycles. The maximum Gasteiger partial charge on any atom is 0.749 e. The molecule has 69 heavy (non-hydrogen) atoms. The first-order valence-electron chi connectivity index (χ1n) is 22.7. The summed E-state index contributed by atoms with van der Waals surface area (Å²) in [6, 6.07) is 29.7. The minimum absolute atomic E-state index is 0.0950. The Morgan fingerprint density at radius 2 is 0.971 bits per heavy atom. The maximum absolute atomic E-state index is 16.5. The number of benzene rings is 5. The summed E-state index contributed by atoms with van der Waals surface area (Å²) in [6.07, 6.45) is 4.59. The van der Waals surface area contributed by atoms with E-state index in [0.29, 0.717) is 39.7 Å². The molecule has 6 rings (SSSR count). The van der Waals surface area contributed by atoms with Crippen molar-refractivity contribution < 1.29 is 58.9 Å². The van der Waals surface area contributed by atoms with Crippen molar-refractivity contribution in [2.75, 3.05) is 61.7 Å². The van der Waals surface area contributed by atoms with E-state index in [-0.39, 0.29) is 74.9 Å². The Bertz CT molecular complexity index is 2530. The quantitative estimate of drug-likeness (QED) is 0.0318. The normalized spacial score (nSPS) is 14.7. The molecule has 0 saturated heterocycles. The summed E-state index contributed by atoms with van der Waals surface area (Å²) in [5.41, 5.74) is 15.6. The number of carbonyl (C=O) groups excluding carboxylic acids is 2. The number of hydrogen-bond donors (Lipinski definition) is 4. The highest BCUT2D eigenvalue weighted by Gasteiger charge is 2.49. The van der Waals surface area contributed by atoms with Gasteiger partial charge in [0.25, 0.3) is 17.7 Å². The van der Waals surface area contributed by atoms with E-state index in [0.717, 1.165) is 11.1 Å². The first kappa shape index (κ1) is 51.8. The van der Waals surface area contributed by atoms with Crippen molar-refractivity contribution in [1.29, 1.82) is 0 Å². The van der Waals surface area contributed by atoms with Gasteiger partial charge in [0.1, 0.15) is 28.7 Å². The topological polar surface area (TPSA) is 203 Å². The number of anilines is 4. The molecule has 0 saturated carbocycles. The van der Waals surface area contributed by atoms with Crippen molar-refractivity contribution >= 4 is 58.2 Å². The molecular weight excluding hydrogens is 924 g/mol. The number of rotatable bonds is 25. The third kappa shape index (κ3) is 14.0. The van der Waals surface area contributed by atoms with Crippen LogP contribution in [0.25, 0.3) is 5.57 Å². The highest BCUT2D eigenvalue weighted by molar-refractivity contribution is 6.55. The summed E-state index contributed by atoms with van der Waals surface area (Å²) in [5, 5.41) is 5.75. The van der Waals surface area contributed by atoms with E-state index in [1.165, 1.54) is 18.2 Å². The van der Waals surface area contributed by atoms with Crippen LogP contribution in [-0.4, -0.2) is 75.4 Å². The molecule has 0 bridgehead atoms. The van der Waals surface area contributed by atoms with Crippen molar-refractivity contribution in [1.82, 2.24) is 0 Å². The number of halogens is 1. The van der Waals surface area contributed by atoms with Gasteiger partial charge in [-0.25, -0.2) is 0 Å². The molecule has 1 aliphatic carbocycles. The predicted octanol–water partition coefficient (Wildman–Crippen LogP) is 10.1. The molecule has 1 unspecified atom stereocenters. The first-order chi connectivity index (χ1) is 33.3. The monoisotopic (exact) mass is 982 g/mol. The van der Waals surface area contributed by atoms with E-state index in [9.17, 15) is 9.59 Å². The molecule has 1 aliphatic rings. The smallest absolute Gasteiger partial charge is 0.478 e. The molecule has 6 N–H and O–H groups in total. The number of carbonyl (C=O) groups is 2. The van der Waals surface area contributed by atoms with Gasteiger partial charge in [0.2, 0.25) is 0 Å². The summed E-state index contributed by atoms with van der Waals surface area (Å²) >= 11 is 0. The van der Waals surface area contributed by atoms with E-state index < -0.39 is 29.9 Å². The van der Waals surface area contributed by atoms with Crippen LogP contribution in [0.2, 0.25) is 0 Å². The van der Waals surface area contributed by atoms with Crippen LogP contribution in [0.3, 0.4) is 0 Å². The van der Waals surface area contributed by atoms with Crippen molar-refractivity contribution in [2.24, 2.45) is 0 Å². The highest BCUT2D eigenvalue weighted by atomic mass is 28.4. The van der Waals surface area contributed by atoms with Gasteiger partial charge in [-0.1, -0.05) is 24.3 Å². The van der Waals surface area contributed by atoms with Crippen molar-refractivity contribution in [2.45, 2.75) is 53.8 Å².